The van der Waals surface area contributed by atoms with Crippen molar-refractivity contribution in [3.05, 3.63) is 29.8 Å². The lowest BCUT2D eigenvalue weighted by Gasteiger charge is -2.22. The second kappa shape index (κ2) is 5.98. The van der Waals surface area contributed by atoms with Crippen LogP contribution in [0.4, 0.5) is 18.9 Å². The van der Waals surface area contributed by atoms with Crippen molar-refractivity contribution in [2.24, 2.45) is 5.92 Å². The minimum atomic E-state index is -4.45. The number of carbonyl (C=O) groups is 2. The highest BCUT2D eigenvalue weighted by atomic mass is 19.4. The normalized spacial score (nSPS) is 18.7. The van der Waals surface area contributed by atoms with Gasteiger partial charge in [0.1, 0.15) is 6.54 Å². The second-order valence-corrected chi connectivity index (χ2v) is 5.52. The molecule has 0 bridgehead atoms. The molecule has 0 spiro atoms. The molecule has 0 N–H and O–H groups in total. The van der Waals surface area contributed by atoms with Crippen molar-refractivity contribution in [2.45, 2.75) is 19.5 Å². The minimum Gasteiger partial charge on any atom is -0.333 e. The molecule has 1 saturated heterocycles. The van der Waals surface area contributed by atoms with Crippen molar-refractivity contribution in [3.63, 3.8) is 0 Å². The van der Waals surface area contributed by atoms with Gasteiger partial charge in [0.25, 0.3) is 0 Å². The Morgan fingerprint density at radius 3 is 2.45 bits per heavy atom. The average molecular weight is 314 g/mol. The lowest BCUT2D eigenvalue weighted by molar-refractivity contribution is -0.157. The fourth-order valence-electron chi connectivity index (χ4n) is 2.48. The van der Waals surface area contributed by atoms with Crippen molar-refractivity contribution in [1.82, 2.24) is 4.90 Å². The first-order valence-corrected chi connectivity index (χ1v) is 6.86. The number of likely N-dealkylation sites (tertiary alicyclic amines) is 1. The zero-order valence-electron chi connectivity index (χ0n) is 12.4. The van der Waals surface area contributed by atoms with E-state index in [0.29, 0.717) is 10.6 Å². The Kier molecular flexibility index (Phi) is 4.44. The van der Waals surface area contributed by atoms with Gasteiger partial charge in [0.15, 0.2) is 0 Å². The monoisotopic (exact) mass is 314 g/mol. The number of amides is 2. The molecule has 1 heterocycles. The van der Waals surface area contributed by atoms with Crippen LogP contribution in [-0.4, -0.2) is 43.0 Å². The maximum atomic E-state index is 12.4. The van der Waals surface area contributed by atoms with E-state index in [1.54, 1.807) is 19.2 Å². The summed E-state index contributed by atoms with van der Waals surface area (Å²) in [5, 5.41) is 0. The smallest absolute Gasteiger partial charge is 0.333 e. The summed E-state index contributed by atoms with van der Waals surface area (Å²) in [4.78, 5) is 26.1. The van der Waals surface area contributed by atoms with Crippen LogP contribution < -0.4 is 4.90 Å². The van der Waals surface area contributed by atoms with Gasteiger partial charge in [-0.1, -0.05) is 17.7 Å². The maximum Gasteiger partial charge on any atom is 0.406 e. The van der Waals surface area contributed by atoms with E-state index >= 15 is 0 Å². The number of halogens is 3. The number of nitrogens with zero attached hydrogens (tertiary/aromatic N) is 2. The van der Waals surface area contributed by atoms with E-state index in [1.165, 1.54) is 4.90 Å². The molecule has 1 aromatic rings. The number of hydrogen-bond donors (Lipinski definition) is 0. The number of hydrogen-bond acceptors (Lipinski definition) is 2. The zero-order valence-corrected chi connectivity index (χ0v) is 12.4. The molecular weight excluding hydrogens is 297 g/mol. The molecule has 4 nitrogen and oxygen atoms in total. The molecule has 0 unspecified atom stereocenters. The van der Waals surface area contributed by atoms with Crippen LogP contribution in [0, 0.1) is 12.8 Å². The molecule has 0 aliphatic carbocycles. The molecule has 1 aliphatic rings. The van der Waals surface area contributed by atoms with Gasteiger partial charge in [0.05, 0.1) is 5.92 Å². The Balaban J connectivity index is 2.04. The van der Waals surface area contributed by atoms with E-state index < -0.39 is 24.5 Å². The molecule has 0 radical (unpaired) electrons. The van der Waals surface area contributed by atoms with Gasteiger partial charge in [-0.05, 0) is 19.1 Å². The Morgan fingerprint density at radius 1 is 1.32 bits per heavy atom. The van der Waals surface area contributed by atoms with Gasteiger partial charge in [-0.15, -0.1) is 0 Å². The van der Waals surface area contributed by atoms with E-state index in [4.69, 9.17) is 0 Å². The third kappa shape index (κ3) is 3.78. The van der Waals surface area contributed by atoms with E-state index in [2.05, 4.69) is 0 Å². The summed E-state index contributed by atoms with van der Waals surface area (Å²) in [6, 6.07) is 7.21. The number of anilines is 1. The highest BCUT2D eigenvalue weighted by molar-refractivity contribution is 5.98. The van der Waals surface area contributed by atoms with Crippen LogP contribution in [0.25, 0.3) is 0 Å². The summed E-state index contributed by atoms with van der Waals surface area (Å²) >= 11 is 0. The number of benzene rings is 1. The second-order valence-electron chi connectivity index (χ2n) is 5.52. The molecule has 2 amide bonds. The molecule has 120 valence electrons. The number of aryl methyl sites for hydroxylation is 1. The lowest BCUT2D eigenvalue weighted by atomic mass is 10.1. The standard InChI is InChI=1S/C15H17F3N2O2/c1-10-3-5-12(6-4-10)19(2)14(22)11-7-13(21)20(8-11)9-15(16,17)18/h3-6,11H,7-9H2,1-2H3/t11-/m0/s1. The van der Waals surface area contributed by atoms with Crippen LogP contribution in [0.3, 0.4) is 0 Å². The summed E-state index contributed by atoms with van der Waals surface area (Å²) in [5.74, 6) is -1.71. The highest BCUT2D eigenvalue weighted by Gasteiger charge is 2.41. The molecule has 1 fully saturated rings. The molecule has 0 saturated carbocycles. The van der Waals surface area contributed by atoms with Gasteiger partial charge in [0, 0.05) is 25.7 Å². The topological polar surface area (TPSA) is 40.6 Å². The number of alkyl halides is 3. The predicted octanol–water partition coefficient (Wildman–Crippen LogP) is 2.37. The van der Waals surface area contributed by atoms with E-state index in [9.17, 15) is 22.8 Å². The largest absolute Gasteiger partial charge is 0.406 e. The van der Waals surface area contributed by atoms with Crippen LogP contribution >= 0.6 is 0 Å². The molecular formula is C15H17F3N2O2. The van der Waals surface area contributed by atoms with Crippen LogP contribution in [0.5, 0.6) is 0 Å². The van der Waals surface area contributed by atoms with Gasteiger partial charge in [-0.25, -0.2) is 0 Å². The van der Waals surface area contributed by atoms with Crippen molar-refractivity contribution in [1.29, 1.82) is 0 Å². The lowest BCUT2D eigenvalue weighted by Crippen LogP contribution is -2.37. The first-order chi connectivity index (χ1) is 10.2. The molecule has 1 aromatic carbocycles. The molecule has 1 atom stereocenters. The van der Waals surface area contributed by atoms with Gasteiger partial charge < -0.3 is 9.80 Å². The quantitative estimate of drug-likeness (QED) is 0.859. The van der Waals surface area contributed by atoms with E-state index in [0.717, 1.165) is 5.56 Å². The molecule has 7 heteroatoms. The van der Waals surface area contributed by atoms with Crippen molar-refractivity contribution < 1.29 is 22.8 Å². The fourth-order valence-corrected chi connectivity index (χ4v) is 2.48. The highest BCUT2D eigenvalue weighted by Crippen LogP contribution is 2.26. The molecule has 1 aliphatic heterocycles. The first kappa shape index (κ1) is 16.3. The van der Waals surface area contributed by atoms with Gasteiger partial charge in [-0.3, -0.25) is 9.59 Å². The average Bonchev–Trinajstić information content (AvgIpc) is 2.77. The van der Waals surface area contributed by atoms with Gasteiger partial charge >= 0.3 is 6.18 Å². The zero-order chi connectivity index (χ0) is 16.5. The van der Waals surface area contributed by atoms with Crippen molar-refractivity contribution in [2.75, 3.05) is 25.0 Å². The van der Waals surface area contributed by atoms with Gasteiger partial charge in [-0.2, -0.15) is 13.2 Å². The van der Waals surface area contributed by atoms with Crippen LogP contribution in [0.15, 0.2) is 24.3 Å². The molecule has 0 aromatic heterocycles. The van der Waals surface area contributed by atoms with Crippen LogP contribution in [0.1, 0.15) is 12.0 Å². The Labute approximate surface area is 126 Å². The Hall–Kier alpha value is -2.05. The predicted molar refractivity (Wildman–Crippen MR) is 75.3 cm³/mol. The summed E-state index contributed by atoms with van der Waals surface area (Å²) < 4.78 is 37.1. The first-order valence-electron chi connectivity index (χ1n) is 6.86. The minimum absolute atomic E-state index is 0.175. The summed E-state index contributed by atoms with van der Waals surface area (Å²) in [5.41, 5.74) is 1.69. The van der Waals surface area contributed by atoms with Crippen LogP contribution in [-0.2, 0) is 9.59 Å². The number of rotatable bonds is 3. The molecule has 22 heavy (non-hydrogen) atoms. The summed E-state index contributed by atoms with van der Waals surface area (Å²) in [6.07, 6.45) is -4.62. The third-order valence-electron chi connectivity index (χ3n) is 3.69. The maximum absolute atomic E-state index is 12.4. The van der Waals surface area contributed by atoms with Gasteiger partial charge in [0.2, 0.25) is 11.8 Å². The number of carbonyl (C=O) groups excluding carboxylic acids is 2. The summed E-state index contributed by atoms with van der Waals surface area (Å²) in [6.45, 7) is 0.424. The third-order valence-corrected chi connectivity index (χ3v) is 3.69. The van der Waals surface area contributed by atoms with E-state index in [-0.39, 0.29) is 18.9 Å². The fraction of sp³-hybridized carbons (Fsp3) is 0.467. The molecule has 2 rings (SSSR count). The van der Waals surface area contributed by atoms with E-state index in [1.807, 2.05) is 19.1 Å². The van der Waals surface area contributed by atoms with Crippen molar-refractivity contribution in [3.8, 4) is 0 Å². The van der Waals surface area contributed by atoms with Crippen molar-refractivity contribution >= 4 is 17.5 Å². The SMILES string of the molecule is Cc1ccc(N(C)C(=O)[C@H]2CC(=O)N(CC(F)(F)F)C2)cc1. The Morgan fingerprint density at radius 2 is 1.91 bits per heavy atom. The summed E-state index contributed by atoms with van der Waals surface area (Å²) in [7, 11) is 1.56. The Bertz CT molecular complexity index is 569. The van der Waals surface area contributed by atoms with Crippen LogP contribution in [0.2, 0.25) is 0 Å².